The Labute approximate surface area is 119 Å². The summed E-state index contributed by atoms with van der Waals surface area (Å²) < 4.78 is 13.6. The lowest BCUT2D eigenvalue weighted by Crippen LogP contribution is -2.31. The number of benzene rings is 1. The number of hydrogen-bond donors (Lipinski definition) is 1. The molecular formula is C16H20FN3. The van der Waals surface area contributed by atoms with Crippen LogP contribution in [-0.4, -0.2) is 30.0 Å². The molecule has 0 saturated carbocycles. The summed E-state index contributed by atoms with van der Waals surface area (Å²) in [5.74, 6) is -0.234. The Morgan fingerprint density at radius 1 is 1.20 bits per heavy atom. The fraction of sp³-hybridized carbons (Fsp3) is 0.312. The minimum Gasteiger partial charge on any atom is -0.323 e. The van der Waals surface area contributed by atoms with E-state index in [1.54, 1.807) is 24.5 Å². The highest BCUT2D eigenvalue weighted by Crippen LogP contribution is 2.15. The van der Waals surface area contributed by atoms with E-state index in [1.165, 1.54) is 11.6 Å². The van der Waals surface area contributed by atoms with Gasteiger partial charge in [0, 0.05) is 37.1 Å². The van der Waals surface area contributed by atoms with Gasteiger partial charge in [0.1, 0.15) is 5.82 Å². The van der Waals surface area contributed by atoms with Gasteiger partial charge in [-0.1, -0.05) is 18.2 Å². The van der Waals surface area contributed by atoms with E-state index < -0.39 is 0 Å². The molecule has 0 saturated heterocycles. The van der Waals surface area contributed by atoms with Crippen LogP contribution >= 0.6 is 0 Å². The largest absolute Gasteiger partial charge is 0.323 e. The first-order valence-electron chi connectivity index (χ1n) is 6.74. The molecule has 1 aromatic heterocycles. The predicted molar refractivity (Wildman–Crippen MR) is 78.8 cm³/mol. The zero-order valence-corrected chi connectivity index (χ0v) is 11.7. The van der Waals surface area contributed by atoms with Crippen LogP contribution in [0.2, 0.25) is 0 Å². The number of rotatable bonds is 6. The summed E-state index contributed by atoms with van der Waals surface area (Å²) in [5, 5.41) is 0. The molecule has 2 rings (SSSR count). The molecule has 0 bridgehead atoms. The molecule has 0 radical (unpaired) electrons. The second-order valence-corrected chi connectivity index (χ2v) is 5.00. The maximum atomic E-state index is 13.6. The summed E-state index contributed by atoms with van der Waals surface area (Å²) in [7, 11) is 2.00. The van der Waals surface area contributed by atoms with Crippen molar-refractivity contribution in [2.24, 2.45) is 5.73 Å². The normalized spacial score (nSPS) is 12.6. The predicted octanol–water partition coefficient (Wildman–Crippen LogP) is 2.40. The number of likely N-dealkylation sites (N-methyl/N-ethyl adjacent to an activating group) is 1. The van der Waals surface area contributed by atoms with Gasteiger partial charge in [0.2, 0.25) is 0 Å². The first-order chi connectivity index (χ1) is 9.66. The summed E-state index contributed by atoms with van der Waals surface area (Å²) in [4.78, 5) is 6.12. The topological polar surface area (TPSA) is 42.2 Å². The third-order valence-electron chi connectivity index (χ3n) is 3.34. The molecule has 3 nitrogen and oxygen atoms in total. The second kappa shape index (κ2) is 7.12. The summed E-state index contributed by atoms with van der Waals surface area (Å²) in [6.45, 7) is 1.51. The lowest BCUT2D eigenvalue weighted by atomic mass is 10.1. The van der Waals surface area contributed by atoms with Crippen LogP contribution in [0.25, 0.3) is 0 Å². The average molecular weight is 273 g/mol. The summed E-state index contributed by atoms with van der Waals surface area (Å²) in [6, 6.07) is 10.4. The molecule has 0 fully saturated rings. The Kier molecular flexibility index (Phi) is 5.21. The Balaban J connectivity index is 1.85. The number of halogens is 1. The molecular weight excluding hydrogens is 253 g/mol. The van der Waals surface area contributed by atoms with E-state index in [9.17, 15) is 4.39 Å². The molecule has 0 aliphatic rings. The van der Waals surface area contributed by atoms with Gasteiger partial charge in [-0.25, -0.2) is 4.39 Å². The standard InChI is InChI=1S/C16H20FN3/c1-20(11-8-13-6-9-19-10-7-13)12-16(18)14-4-2-3-5-15(14)17/h2-7,9-10,16H,8,11-12,18H2,1H3. The van der Waals surface area contributed by atoms with Gasteiger partial charge in [0.15, 0.2) is 0 Å². The molecule has 2 aromatic rings. The van der Waals surface area contributed by atoms with E-state index in [0.29, 0.717) is 12.1 Å². The molecule has 0 aliphatic heterocycles. The minimum absolute atomic E-state index is 0.234. The molecule has 20 heavy (non-hydrogen) atoms. The van der Waals surface area contributed by atoms with E-state index in [-0.39, 0.29) is 11.9 Å². The van der Waals surface area contributed by atoms with Crippen molar-refractivity contribution in [2.45, 2.75) is 12.5 Å². The Bertz CT molecular complexity index is 530. The van der Waals surface area contributed by atoms with Crippen LogP contribution in [0, 0.1) is 5.82 Å². The van der Waals surface area contributed by atoms with Gasteiger partial charge < -0.3 is 10.6 Å². The first kappa shape index (κ1) is 14.6. The van der Waals surface area contributed by atoms with E-state index in [1.807, 2.05) is 25.2 Å². The highest BCUT2D eigenvalue weighted by molar-refractivity contribution is 5.21. The molecule has 1 atom stereocenters. The zero-order valence-electron chi connectivity index (χ0n) is 11.7. The van der Waals surface area contributed by atoms with Crippen LogP contribution in [0.1, 0.15) is 17.2 Å². The van der Waals surface area contributed by atoms with Crippen molar-refractivity contribution < 1.29 is 4.39 Å². The maximum absolute atomic E-state index is 13.6. The van der Waals surface area contributed by atoms with Crippen molar-refractivity contribution in [1.29, 1.82) is 0 Å². The Morgan fingerprint density at radius 3 is 2.60 bits per heavy atom. The Hall–Kier alpha value is -1.78. The molecule has 4 heteroatoms. The van der Waals surface area contributed by atoms with Crippen LogP contribution in [0.4, 0.5) is 4.39 Å². The highest BCUT2D eigenvalue weighted by Gasteiger charge is 2.12. The lowest BCUT2D eigenvalue weighted by molar-refractivity contribution is 0.313. The second-order valence-electron chi connectivity index (χ2n) is 5.00. The zero-order chi connectivity index (χ0) is 14.4. The van der Waals surface area contributed by atoms with Gasteiger partial charge in [0.25, 0.3) is 0 Å². The molecule has 106 valence electrons. The first-order valence-corrected chi connectivity index (χ1v) is 6.74. The Morgan fingerprint density at radius 2 is 1.90 bits per heavy atom. The van der Waals surface area contributed by atoms with Crippen molar-refractivity contribution >= 4 is 0 Å². The molecule has 0 aliphatic carbocycles. The fourth-order valence-corrected chi connectivity index (χ4v) is 2.17. The SMILES string of the molecule is CN(CCc1ccncc1)CC(N)c1ccccc1F. The van der Waals surface area contributed by atoms with Crippen molar-refractivity contribution in [3.8, 4) is 0 Å². The van der Waals surface area contributed by atoms with Crippen molar-refractivity contribution in [1.82, 2.24) is 9.88 Å². The molecule has 0 spiro atoms. The highest BCUT2D eigenvalue weighted by atomic mass is 19.1. The molecule has 0 amide bonds. The van der Waals surface area contributed by atoms with Crippen LogP contribution < -0.4 is 5.73 Å². The van der Waals surface area contributed by atoms with Gasteiger partial charge in [0.05, 0.1) is 0 Å². The molecule has 1 unspecified atom stereocenters. The van der Waals surface area contributed by atoms with Gasteiger partial charge in [-0.15, -0.1) is 0 Å². The minimum atomic E-state index is -0.307. The van der Waals surface area contributed by atoms with Gasteiger partial charge in [-0.3, -0.25) is 4.98 Å². The number of aromatic nitrogens is 1. The van der Waals surface area contributed by atoms with Crippen molar-refractivity contribution in [3.63, 3.8) is 0 Å². The fourth-order valence-electron chi connectivity index (χ4n) is 2.17. The third kappa shape index (κ3) is 4.11. The van der Waals surface area contributed by atoms with E-state index in [4.69, 9.17) is 5.73 Å². The smallest absolute Gasteiger partial charge is 0.128 e. The number of nitrogens with zero attached hydrogens (tertiary/aromatic N) is 2. The molecule has 1 aromatic carbocycles. The summed E-state index contributed by atoms with van der Waals surface area (Å²) in [6.07, 6.45) is 4.52. The van der Waals surface area contributed by atoms with Crippen LogP contribution in [-0.2, 0) is 6.42 Å². The van der Waals surface area contributed by atoms with Gasteiger partial charge >= 0.3 is 0 Å². The van der Waals surface area contributed by atoms with Gasteiger partial charge in [-0.05, 0) is 37.2 Å². The maximum Gasteiger partial charge on any atom is 0.128 e. The van der Waals surface area contributed by atoms with E-state index in [2.05, 4.69) is 9.88 Å². The quantitative estimate of drug-likeness (QED) is 0.878. The van der Waals surface area contributed by atoms with E-state index in [0.717, 1.165) is 13.0 Å². The molecule has 1 heterocycles. The van der Waals surface area contributed by atoms with E-state index >= 15 is 0 Å². The number of hydrogen-bond acceptors (Lipinski definition) is 3. The molecule has 2 N–H and O–H groups in total. The monoisotopic (exact) mass is 273 g/mol. The summed E-state index contributed by atoms with van der Waals surface area (Å²) >= 11 is 0. The van der Waals surface area contributed by atoms with Gasteiger partial charge in [-0.2, -0.15) is 0 Å². The number of pyridine rings is 1. The average Bonchev–Trinajstić information content (AvgIpc) is 2.46. The van der Waals surface area contributed by atoms with Crippen LogP contribution in [0.5, 0.6) is 0 Å². The van der Waals surface area contributed by atoms with Crippen molar-refractivity contribution in [2.75, 3.05) is 20.1 Å². The number of nitrogens with two attached hydrogens (primary N) is 1. The van der Waals surface area contributed by atoms with Crippen LogP contribution in [0.15, 0.2) is 48.8 Å². The van der Waals surface area contributed by atoms with Crippen LogP contribution in [0.3, 0.4) is 0 Å². The summed E-state index contributed by atoms with van der Waals surface area (Å²) in [5.41, 5.74) is 7.89. The van der Waals surface area contributed by atoms with Crippen molar-refractivity contribution in [3.05, 3.63) is 65.7 Å². The lowest BCUT2D eigenvalue weighted by Gasteiger charge is -2.21. The third-order valence-corrected chi connectivity index (χ3v) is 3.34.